The highest BCUT2D eigenvalue weighted by molar-refractivity contribution is 7.89. The Labute approximate surface area is 120 Å². The van der Waals surface area contributed by atoms with E-state index in [0.717, 1.165) is 0 Å². The van der Waals surface area contributed by atoms with Crippen molar-refractivity contribution in [1.29, 1.82) is 5.26 Å². The largest absolute Gasteiger partial charge is 0.386 e. The van der Waals surface area contributed by atoms with Crippen LogP contribution >= 0.6 is 0 Å². The van der Waals surface area contributed by atoms with Crippen LogP contribution in [0.3, 0.4) is 0 Å². The SMILES string of the molecule is CNc1cccnc1S(=O)(=O)N(CCC#N)CC(C)C. The number of sulfonamides is 1. The first-order valence-electron chi connectivity index (χ1n) is 6.43. The van der Waals surface area contributed by atoms with Crippen LogP contribution < -0.4 is 5.32 Å². The quantitative estimate of drug-likeness (QED) is 0.827. The number of rotatable bonds is 7. The van der Waals surface area contributed by atoms with E-state index in [2.05, 4.69) is 10.3 Å². The van der Waals surface area contributed by atoms with Gasteiger partial charge in [-0.05, 0) is 18.1 Å². The van der Waals surface area contributed by atoms with Gasteiger partial charge < -0.3 is 5.32 Å². The highest BCUT2D eigenvalue weighted by Gasteiger charge is 2.28. The molecule has 0 spiro atoms. The maximum absolute atomic E-state index is 12.7. The molecule has 6 nitrogen and oxygen atoms in total. The lowest BCUT2D eigenvalue weighted by Crippen LogP contribution is -2.35. The van der Waals surface area contributed by atoms with Crippen LogP contribution in [0.5, 0.6) is 0 Å². The number of anilines is 1. The van der Waals surface area contributed by atoms with Gasteiger partial charge in [-0.3, -0.25) is 0 Å². The van der Waals surface area contributed by atoms with Crippen LogP contribution in [0.4, 0.5) is 5.69 Å². The highest BCUT2D eigenvalue weighted by Crippen LogP contribution is 2.22. The van der Waals surface area contributed by atoms with Gasteiger partial charge in [0.25, 0.3) is 10.0 Å². The summed E-state index contributed by atoms with van der Waals surface area (Å²) in [5.41, 5.74) is 0.457. The Morgan fingerprint density at radius 2 is 2.20 bits per heavy atom. The summed E-state index contributed by atoms with van der Waals surface area (Å²) in [5, 5.41) is 11.5. The molecule has 1 heterocycles. The summed E-state index contributed by atoms with van der Waals surface area (Å²) in [6, 6.07) is 5.32. The molecule has 20 heavy (non-hydrogen) atoms. The van der Waals surface area contributed by atoms with Gasteiger partial charge in [0.2, 0.25) is 0 Å². The van der Waals surface area contributed by atoms with E-state index < -0.39 is 10.0 Å². The second-order valence-corrected chi connectivity index (χ2v) is 6.62. The molecule has 0 bridgehead atoms. The normalized spacial score (nSPS) is 11.6. The molecule has 0 aliphatic heterocycles. The molecular formula is C13H20N4O2S. The van der Waals surface area contributed by atoms with E-state index in [9.17, 15) is 8.42 Å². The fourth-order valence-corrected chi connectivity index (χ4v) is 3.51. The van der Waals surface area contributed by atoms with Crippen LogP contribution in [0.25, 0.3) is 0 Å². The third kappa shape index (κ3) is 3.92. The molecular weight excluding hydrogens is 276 g/mol. The Kier molecular flexibility index (Phi) is 5.92. The Morgan fingerprint density at radius 1 is 1.50 bits per heavy atom. The standard InChI is InChI=1S/C13H20N4O2S/c1-11(2)10-17(9-5-7-14)20(18,19)13-12(15-3)6-4-8-16-13/h4,6,8,11,15H,5,9-10H2,1-3H3. The number of hydrogen-bond acceptors (Lipinski definition) is 5. The molecule has 0 aromatic carbocycles. The minimum absolute atomic E-state index is 0.00101. The molecule has 0 saturated heterocycles. The third-order valence-corrected chi connectivity index (χ3v) is 4.49. The van der Waals surface area contributed by atoms with E-state index in [0.29, 0.717) is 12.2 Å². The van der Waals surface area contributed by atoms with Crippen LogP contribution in [-0.2, 0) is 10.0 Å². The van der Waals surface area contributed by atoms with Gasteiger partial charge in [0, 0.05) is 32.8 Å². The molecule has 0 atom stereocenters. The smallest absolute Gasteiger partial charge is 0.262 e. The average molecular weight is 296 g/mol. The number of hydrogen-bond donors (Lipinski definition) is 1. The molecule has 110 valence electrons. The van der Waals surface area contributed by atoms with Crippen molar-refractivity contribution in [3.63, 3.8) is 0 Å². The molecule has 1 aromatic heterocycles. The Bertz CT molecular complexity index is 578. The van der Waals surface area contributed by atoms with Crippen LogP contribution in [0, 0.1) is 17.2 Å². The molecule has 0 fully saturated rings. The Hall–Kier alpha value is -1.65. The second-order valence-electron chi connectivity index (χ2n) is 4.77. The van der Waals surface area contributed by atoms with E-state index in [1.165, 1.54) is 10.5 Å². The zero-order chi connectivity index (χ0) is 15.2. The summed E-state index contributed by atoms with van der Waals surface area (Å²) < 4.78 is 26.7. The first-order valence-corrected chi connectivity index (χ1v) is 7.87. The summed E-state index contributed by atoms with van der Waals surface area (Å²) in [5.74, 6) is 0.171. The number of nitrogens with one attached hydrogen (secondary N) is 1. The fraction of sp³-hybridized carbons (Fsp3) is 0.538. The predicted octanol–water partition coefficient (Wildman–Crippen LogP) is 1.68. The number of pyridine rings is 1. The van der Waals surface area contributed by atoms with E-state index in [-0.39, 0.29) is 23.9 Å². The molecule has 0 radical (unpaired) electrons. The maximum atomic E-state index is 12.7. The molecule has 0 amide bonds. The van der Waals surface area contributed by atoms with Crippen LogP contribution in [0.1, 0.15) is 20.3 Å². The summed E-state index contributed by atoms with van der Waals surface area (Å²) in [7, 11) is -2.05. The molecule has 1 rings (SSSR count). The van der Waals surface area contributed by atoms with Gasteiger partial charge in [0.05, 0.1) is 11.8 Å². The van der Waals surface area contributed by atoms with E-state index in [4.69, 9.17) is 5.26 Å². The van der Waals surface area contributed by atoms with Gasteiger partial charge >= 0.3 is 0 Å². The van der Waals surface area contributed by atoms with E-state index >= 15 is 0 Å². The topological polar surface area (TPSA) is 86.1 Å². The predicted molar refractivity (Wildman–Crippen MR) is 77.6 cm³/mol. The Morgan fingerprint density at radius 3 is 2.75 bits per heavy atom. The molecule has 0 aliphatic carbocycles. The number of aromatic nitrogens is 1. The van der Waals surface area contributed by atoms with Gasteiger partial charge in [0.1, 0.15) is 0 Å². The summed E-state index contributed by atoms with van der Waals surface area (Å²) in [6.07, 6.45) is 1.61. The molecule has 0 unspecified atom stereocenters. The Balaban J connectivity index is 3.18. The summed E-state index contributed by atoms with van der Waals surface area (Å²) in [6.45, 7) is 4.42. The van der Waals surface area contributed by atoms with E-state index in [1.807, 2.05) is 19.9 Å². The molecule has 0 aliphatic rings. The van der Waals surface area contributed by atoms with Gasteiger partial charge in [-0.25, -0.2) is 13.4 Å². The van der Waals surface area contributed by atoms with Gasteiger partial charge in [0.15, 0.2) is 5.03 Å². The summed E-state index contributed by atoms with van der Waals surface area (Å²) >= 11 is 0. The lowest BCUT2D eigenvalue weighted by atomic mass is 10.2. The zero-order valence-corrected chi connectivity index (χ0v) is 12.8. The first-order chi connectivity index (χ1) is 9.43. The highest BCUT2D eigenvalue weighted by atomic mass is 32.2. The minimum atomic E-state index is -3.70. The monoisotopic (exact) mass is 296 g/mol. The van der Waals surface area contributed by atoms with Gasteiger partial charge in [-0.1, -0.05) is 13.8 Å². The second kappa shape index (κ2) is 7.22. The number of nitriles is 1. The fourth-order valence-electron chi connectivity index (χ4n) is 1.80. The molecule has 0 saturated carbocycles. The molecule has 1 aromatic rings. The van der Waals surface area contributed by atoms with Crippen molar-refractivity contribution >= 4 is 15.7 Å². The van der Waals surface area contributed by atoms with Crippen molar-refractivity contribution < 1.29 is 8.42 Å². The van der Waals surface area contributed by atoms with Crippen LogP contribution in [0.15, 0.2) is 23.4 Å². The van der Waals surface area contributed by atoms with Crippen molar-refractivity contribution in [3.8, 4) is 6.07 Å². The average Bonchev–Trinajstić information content (AvgIpc) is 2.42. The maximum Gasteiger partial charge on any atom is 0.262 e. The van der Waals surface area contributed by atoms with Crippen molar-refractivity contribution in [1.82, 2.24) is 9.29 Å². The third-order valence-electron chi connectivity index (χ3n) is 2.67. The van der Waals surface area contributed by atoms with Crippen molar-refractivity contribution in [2.24, 2.45) is 5.92 Å². The summed E-state index contributed by atoms with van der Waals surface area (Å²) in [4.78, 5) is 3.98. The molecule has 1 N–H and O–H groups in total. The first kappa shape index (κ1) is 16.4. The van der Waals surface area contributed by atoms with Crippen LogP contribution in [-0.4, -0.2) is 37.8 Å². The van der Waals surface area contributed by atoms with Gasteiger partial charge in [-0.15, -0.1) is 0 Å². The minimum Gasteiger partial charge on any atom is -0.386 e. The lowest BCUT2D eigenvalue weighted by Gasteiger charge is -2.23. The lowest BCUT2D eigenvalue weighted by molar-refractivity contribution is 0.371. The molecule has 7 heteroatoms. The number of nitrogens with zero attached hydrogens (tertiary/aromatic N) is 3. The van der Waals surface area contributed by atoms with Crippen molar-refractivity contribution in [3.05, 3.63) is 18.3 Å². The van der Waals surface area contributed by atoms with E-state index in [1.54, 1.807) is 19.2 Å². The van der Waals surface area contributed by atoms with Gasteiger partial charge in [-0.2, -0.15) is 9.57 Å². The van der Waals surface area contributed by atoms with Crippen molar-refractivity contribution in [2.45, 2.75) is 25.3 Å². The van der Waals surface area contributed by atoms with Crippen LogP contribution in [0.2, 0.25) is 0 Å². The van der Waals surface area contributed by atoms with Crippen molar-refractivity contribution in [2.75, 3.05) is 25.5 Å². The zero-order valence-electron chi connectivity index (χ0n) is 12.0.